The Hall–Kier alpha value is -1.60. The summed E-state index contributed by atoms with van der Waals surface area (Å²) < 4.78 is 31.4. The highest BCUT2D eigenvalue weighted by Crippen LogP contribution is 2.26. The van der Waals surface area contributed by atoms with E-state index in [1.165, 1.54) is 4.31 Å². The highest BCUT2D eigenvalue weighted by molar-refractivity contribution is 7.89. The van der Waals surface area contributed by atoms with Crippen molar-refractivity contribution in [2.45, 2.75) is 32.6 Å². The minimum atomic E-state index is -3.27. The molecule has 1 fully saturated rings. The monoisotopic (exact) mass is 354 g/mol. The van der Waals surface area contributed by atoms with E-state index in [-0.39, 0.29) is 24.1 Å². The van der Waals surface area contributed by atoms with Crippen LogP contribution in [0.5, 0.6) is 5.75 Å². The van der Waals surface area contributed by atoms with Gasteiger partial charge in [-0.3, -0.25) is 4.79 Å². The van der Waals surface area contributed by atoms with Crippen LogP contribution in [-0.2, 0) is 14.8 Å². The van der Waals surface area contributed by atoms with Crippen molar-refractivity contribution < 1.29 is 17.9 Å². The number of methoxy groups -OCH3 is 1. The second-order valence-electron chi connectivity index (χ2n) is 6.06. The summed E-state index contributed by atoms with van der Waals surface area (Å²) >= 11 is 0. The molecule has 1 aromatic rings. The van der Waals surface area contributed by atoms with Crippen molar-refractivity contribution in [3.63, 3.8) is 0 Å². The second-order valence-corrected chi connectivity index (χ2v) is 8.14. The molecule has 0 aliphatic carbocycles. The van der Waals surface area contributed by atoms with E-state index >= 15 is 0 Å². The second kappa shape index (κ2) is 8.48. The molecule has 0 bridgehead atoms. The van der Waals surface area contributed by atoms with Gasteiger partial charge in [-0.05, 0) is 31.4 Å². The minimum absolute atomic E-state index is 0.157. The van der Waals surface area contributed by atoms with E-state index in [4.69, 9.17) is 4.74 Å². The number of unbranched alkanes of at least 4 members (excludes halogenated alkanes) is 1. The molecular weight excluding hydrogens is 328 g/mol. The smallest absolute Gasteiger partial charge is 0.228 e. The van der Waals surface area contributed by atoms with Gasteiger partial charge in [-0.15, -0.1) is 0 Å². The zero-order valence-electron chi connectivity index (χ0n) is 14.3. The Morgan fingerprint density at radius 3 is 2.83 bits per heavy atom. The number of ether oxygens (including phenoxy) is 1. The molecular formula is C17H26N2O4S. The first-order valence-electron chi connectivity index (χ1n) is 8.39. The van der Waals surface area contributed by atoms with E-state index in [9.17, 15) is 13.2 Å². The molecule has 7 heteroatoms. The maximum Gasteiger partial charge on any atom is 0.228 e. The van der Waals surface area contributed by atoms with Gasteiger partial charge in [0.15, 0.2) is 0 Å². The van der Waals surface area contributed by atoms with Crippen LogP contribution in [0.4, 0.5) is 5.69 Å². The topological polar surface area (TPSA) is 75.7 Å². The Morgan fingerprint density at radius 2 is 2.12 bits per heavy atom. The van der Waals surface area contributed by atoms with E-state index in [2.05, 4.69) is 5.32 Å². The van der Waals surface area contributed by atoms with Gasteiger partial charge in [0.1, 0.15) is 5.75 Å². The molecule has 0 radical (unpaired) electrons. The Balaban J connectivity index is 2.02. The zero-order valence-corrected chi connectivity index (χ0v) is 15.1. The third kappa shape index (κ3) is 4.70. The quantitative estimate of drug-likeness (QED) is 0.816. The van der Waals surface area contributed by atoms with Crippen LogP contribution in [0.3, 0.4) is 0 Å². The number of carbonyl (C=O) groups excluding carboxylic acids is 1. The molecule has 1 aliphatic rings. The lowest BCUT2D eigenvalue weighted by molar-refractivity contribution is -0.120. The van der Waals surface area contributed by atoms with Gasteiger partial charge in [0.25, 0.3) is 0 Å². The van der Waals surface area contributed by atoms with Gasteiger partial charge in [0.05, 0.1) is 24.5 Å². The maximum atomic E-state index is 12.5. The predicted molar refractivity (Wildman–Crippen MR) is 94.6 cm³/mol. The lowest BCUT2D eigenvalue weighted by Gasteiger charge is -2.31. The lowest BCUT2D eigenvalue weighted by atomic mass is 9.98. The zero-order chi connectivity index (χ0) is 17.6. The molecule has 0 aromatic heterocycles. The first kappa shape index (κ1) is 18.7. The molecule has 0 spiro atoms. The van der Waals surface area contributed by atoms with Gasteiger partial charge in [0.2, 0.25) is 15.9 Å². The molecule has 24 heavy (non-hydrogen) atoms. The summed E-state index contributed by atoms with van der Waals surface area (Å²) in [4.78, 5) is 12.5. The molecule has 0 saturated carbocycles. The molecule has 1 saturated heterocycles. The van der Waals surface area contributed by atoms with Gasteiger partial charge in [0, 0.05) is 13.1 Å². The molecule has 0 unspecified atom stereocenters. The summed E-state index contributed by atoms with van der Waals surface area (Å²) in [6, 6.07) is 7.20. The van der Waals surface area contributed by atoms with Crippen LogP contribution >= 0.6 is 0 Å². The fraction of sp³-hybridized carbons (Fsp3) is 0.588. The van der Waals surface area contributed by atoms with Crippen molar-refractivity contribution >= 4 is 21.6 Å². The Kier molecular flexibility index (Phi) is 6.62. The molecule has 134 valence electrons. The number of hydrogen-bond donors (Lipinski definition) is 1. The van der Waals surface area contributed by atoms with Crippen molar-refractivity contribution in [2.75, 3.05) is 31.3 Å². The average molecular weight is 354 g/mol. The largest absolute Gasteiger partial charge is 0.495 e. The van der Waals surface area contributed by atoms with E-state index in [1.54, 1.807) is 19.2 Å². The van der Waals surface area contributed by atoms with Gasteiger partial charge >= 0.3 is 0 Å². The molecule has 1 N–H and O–H groups in total. The Bertz CT molecular complexity index is 660. The van der Waals surface area contributed by atoms with Crippen LogP contribution in [0.1, 0.15) is 32.6 Å². The first-order chi connectivity index (χ1) is 11.5. The molecule has 1 heterocycles. The number of hydrogen-bond acceptors (Lipinski definition) is 4. The Morgan fingerprint density at radius 1 is 1.38 bits per heavy atom. The predicted octanol–water partition coefficient (Wildman–Crippen LogP) is 2.48. The van der Waals surface area contributed by atoms with Gasteiger partial charge in [-0.2, -0.15) is 0 Å². The van der Waals surface area contributed by atoms with Crippen molar-refractivity contribution in [3.8, 4) is 5.75 Å². The number of rotatable bonds is 7. The van der Waals surface area contributed by atoms with Crippen molar-refractivity contribution in [1.82, 2.24) is 4.31 Å². The number of nitrogens with one attached hydrogen (secondary N) is 1. The fourth-order valence-electron chi connectivity index (χ4n) is 2.85. The van der Waals surface area contributed by atoms with E-state index in [0.717, 1.165) is 6.42 Å². The van der Waals surface area contributed by atoms with Crippen LogP contribution in [0.25, 0.3) is 0 Å². The third-order valence-corrected chi connectivity index (χ3v) is 6.19. The SMILES string of the molecule is CCCCS(=O)(=O)N1CCC[C@@H](C(=O)Nc2ccccc2OC)C1. The Labute approximate surface area is 144 Å². The first-order valence-corrected chi connectivity index (χ1v) is 10.0. The number of carbonyl (C=O) groups is 1. The number of amides is 1. The van der Waals surface area contributed by atoms with Gasteiger partial charge < -0.3 is 10.1 Å². The third-order valence-electron chi connectivity index (χ3n) is 4.27. The summed E-state index contributed by atoms with van der Waals surface area (Å²) in [6.45, 7) is 2.73. The lowest BCUT2D eigenvalue weighted by Crippen LogP contribution is -2.44. The molecule has 1 aromatic carbocycles. The standard InChI is InChI=1S/C17H26N2O4S/c1-3-4-12-24(21,22)19-11-7-8-14(13-19)17(20)18-15-9-5-6-10-16(15)23-2/h5-6,9-10,14H,3-4,7-8,11-13H2,1-2H3,(H,18,20)/t14-/m1/s1. The number of anilines is 1. The maximum absolute atomic E-state index is 12.5. The number of piperidine rings is 1. The van der Waals surface area contributed by atoms with E-state index < -0.39 is 10.0 Å². The van der Waals surface area contributed by atoms with Crippen LogP contribution in [0, 0.1) is 5.92 Å². The minimum Gasteiger partial charge on any atom is -0.495 e. The molecule has 6 nitrogen and oxygen atoms in total. The summed E-state index contributed by atoms with van der Waals surface area (Å²) in [5.74, 6) is 0.258. The van der Waals surface area contributed by atoms with E-state index in [0.29, 0.717) is 37.2 Å². The normalized spacial score (nSPS) is 19.0. The van der Waals surface area contributed by atoms with Crippen LogP contribution in [0.2, 0.25) is 0 Å². The van der Waals surface area contributed by atoms with Crippen LogP contribution in [0.15, 0.2) is 24.3 Å². The van der Waals surface area contributed by atoms with Gasteiger partial charge in [-0.1, -0.05) is 25.5 Å². The van der Waals surface area contributed by atoms with Crippen molar-refractivity contribution in [1.29, 1.82) is 0 Å². The fourth-order valence-corrected chi connectivity index (χ4v) is 4.57. The molecule has 1 amide bonds. The molecule has 1 atom stereocenters. The van der Waals surface area contributed by atoms with Crippen LogP contribution < -0.4 is 10.1 Å². The number of nitrogens with zero attached hydrogens (tertiary/aromatic N) is 1. The summed E-state index contributed by atoms with van der Waals surface area (Å²) in [7, 11) is -1.72. The number of benzene rings is 1. The summed E-state index contributed by atoms with van der Waals surface area (Å²) in [6.07, 6.45) is 2.89. The van der Waals surface area contributed by atoms with Crippen molar-refractivity contribution in [2.24, 2.45) is 5.92 Å². The molecule has 1 aliphatic heterocycles. The number of para-hydroxylation sites is 2. The average Bonchev–Trinajstić information content (AvgIpc) is 2.60. The molecule has 2 rings (SSSR count). The summed E-state index contributed by atoms with van der Waals surface area (Å²) in [5, 5.41) is 2.86. The highest BCUT2D eigenvalue weighted by Gasteiger charge is 2.32. The van der Waals surface area contributed by atoms with Crippen molar-refractivity contribution in [3.05, 3.63) is 24.3 Å². The number of sulfonamides is 1. The van der Waals surface area contributed by atoms with Gasteiger partial charge in [-0.25, -0.2) is 12.7 Å². The summed E-state index contributed by atoms with van der Waals surface area (Å²) in [5.41, 5.74) is 0.607. The van der Waals surface area contributed by atoms with Crippen LogP contribution in [-0.4, -0.2) is 44.6 Å². The highest BCUT2D eigenvalue weighted by atomic mass is 32.2. The van der Waals surface area contributed by atoms with E-state index in [1.807, 2.05) is 19.1 Å².